The maximum Gasteiger partial charge on any atom is 0.265 e. The number of amides is 2. The van der Waals surface area contributed by atoms with Gasteiger partial charge in [0.25, 0.3) is 5.91 Å². The van der Waals surface area contributed by atoms with Crippen molar-refractivity contribution in [2.24, 2.45) is 11.7 Å². The first-order valence-corrected chi connectivity index (χ1v) is 9.45. The van der Waals surface area contributed by atoms with Gasteiger partial charge in [0.05, 0.1) is 5.69 Å². The number of piperidine rings is 1. The summed E-state index contributed by atoms with van der Waals surface area (Å²) < 4.78 is 0. The molecule has 4 rings (SSSR count). The SMILES string of the molecule is NC(=O)c1cc(-c2csc(NC(=O)CC3CC4CCC(C3)N4)n2)c[nH]1. The highest BCUT2D eigenvalue weighted by molar-refractivity contribution is 7.14. The molecule has 2 aromatic rings. The van der Waals surface area contributed by atoms with E-state index in [-0.39, 0.29) is 5.91 Å². The van der Waals surface area contributed by atoms with Crippen LogP contribution in [0.5, 0.6) is 0 Å². The van der Waals surface area contributed by atoms with Crippen molar-refractivity contribution in [3.05, 3.63) is 23.3 Å². The molecule has 2 amide bonds. The molecule has 5 N–H and O–H groups in total. The molecule has 4 heterocycles. The van der Waals surface area contributed by atoms with E-state index >= 15 is 0 Å². The summed E-state index contributed by atoms with van der Waals surface area (Å²) in [7, 11) is 0. The molecule has 2 saturated heterocycles. The quantitative estimate of drug-likeness (QED) is 0.655. The highest BCUT2D eigenvalue weighted by atomic mass is 32.1. The highest BCUT2D eigenvalue weighted by Gasteiger charge is 2.34. The van der Waals surface area contributed by atoms with Crippen LogP contribution in [0.15, 0.2) is 17.6 Å². The summed E-state index contributed by atoms with van der Waals surface area (Å²) in [6.07, 6.45) is 6.90. The Bertz CT molecular complexity index is 787. The molecule has 2 fully saturated rings. The van der Waals surface area contributed by atoms with Crippen molar-refractivity contribution in [3.8, 4) is 11.3 Å². The minimum atomic E-state index is -0.508. The van der Waals surface area contributed by atoms with Gasteiger partial charge in [-0.1, -0.05) is 0 Å². The Morgan fingerprint density at radius 3 is 2.76 bits per heavy atom. The van der Waals surface area contributed by atoms with Crippen molar-refractivity contribution in [1.82, 2.24) is 15.3 Å². The maximum absolute atomic E-state index is 12.3. The lowest BCUT2D eigenvalue weighted by Gasteiger charge is -2.28. The van der Waals surface area contributed by atoms with Crippen molar-refractivity contribution in [3.63, 3.8) is 0 Å². The first-order chi connectivity index (χ1) is 12.1. The molecule has 0 aliphatic carbocycles. The van der Waals surface area contributed by atoms with Gasteiger partial charge in [-0.15, -0.1) is 11.3 Å². The molecule has 25 heavy (non-hydrogen) atoms. The molecule has 0 saturated carbocycles. The summed E-state index contributed by atoms with van der Waals surface area (Å²) in [5.74, 6) is -0.0222. The van der Waals surface area contributed by atoms with E-state index in [2.05, 4.69) is 20.6 Å². The first-order valence-electron chi connectivity index (χ1n) is 8.57. The number of fused-ring (bicyclic) bond motifs is 2. The number of hydrogen-bond acceptors (Lipinski definition) is 5. The van der Waals surface area contributed by atoms with E-state index in [4.69, 9.17) is 5.73 Å². The zero-order chi connectivity index (χ0) is 17.4. The average molecular weight is 359 g/mol. The fourth-order valence-corrected chi connectivity index (χ4v) is 4.66. The molecular formula is C17H21N5O2S. The third-order valence-electron chi connectivity index (χ3n) is 5.04. The summed E-state index contributed by atoms with van der Waals surface area (Å²) in [5.41, 5.74) is 7.07. The Morgan fingerprint density at radius 1 is 1.32 bits per heavy atom. The van der Waals surface area contributed by atoms with E-state index in [1.54, 1.807) is 12.3 Å². The number of carbonyl (C=O) groups excluding carboxylic acids is 2. The van der Waals surface area contributed by atoms with E-state index < -0.39 is 5.91 Å². The first kappa shape index (κ1) is 16.3. The summed E-state index contributed by atoms with van der Waals surface area (Å²) in [6, 6.07) is 2.85. The van der Waals surface area contributed by atoms with E-state index in [1.165, 1.54) is 24.2 Å². The van der Waals surface area contributed by atoms with Gasteiger partial charge in [0.15, 0.2) is 5.13 Å². The van der Waals surface area contributed by atoms with Gasteiger partial charge < -0.3 is 21.4 Å². The molecule has 0 radical (unpaired) electrons. The Morgan fingerprint density at radius 2 is 2.08 bits per heavy atom. The van der Waals surface area contributed by atoms with Crippen molar-refractivity contribution in [2.75, 3.05) is 5.32 Å². The Labute approximate surface area is 149 Å². The van der Waals surface area contributed by atoms with Gasteiger partial charge >= 0.3 is 0 Å². The largest absolute Gasteiger partial charge is 0.364 e. The third kappa shape index (κ3) is 3.59. The van der Waals surface area contributed by atoms with Crippen molar-refractivity contribution in [2.45, 2.75) is 44.2 Å². The number of carbonyl (C=O) groups is 2. The molecular weight excluding hydrogens is 338 g/mol. The molecule has 8 heteroatoms. The van der Waals surface area contributed by atoms with Crippen LogP contribution in [0, 0.1) is 5.92 Å². The number of anilines is 1. The molecule has 2 aliphatic rings. The van der Waals surface area contributed by atoms with Crippen LogP contribution in [0.1, 0.15) is 42.6 Å². The molecule has 0 spiro atoms. The second kappa shape index (κ2) is 6.61. The number of rotatable bonds is 5. The van der Waals surface area contributed by atoms with Gasteiger partial charge in [-0.05, 0) is 37.7 Å². The Hall–Kier alpha value is -2.19. The molecule has 2 aliphatic heterocycles. The number of primary amides is 1. The predicted octanol–water partition coefficient (Wildman–Crippen LogP) is 2.10. The second-order valence-electron chi connectivity index (χ2n) is 6.93. The molecule has 7 nitrogen and oxygen atoms in total. The van der Waals surface area contributed by atoms with Crippen molar-refractivity contribution >= 4 is 28.3 Å². The normalized spacial score (nSPS) is 25.0. The fraction of sp³-hybridized carbons (Fsp3) is 0.471. The number of nitrogens with one attached hydrogen (secondary N) is 3. The number of aromatic amines is 1. The van der Waals surface area contributed by atoms with Crippen molar-refractivity contribution in [1.29, 1.82) is 0 Å². The highest BCUT2D eigenvalue weighted by Crippen LogP contribution is 2.33. The number of H-pyrrole nitrogens is 1. The van der Waals surface area contributed by atoms with E-state index in [9.17, 15) is 9.59 Å². The summed E-state index contributed by atoms with van der Waals surface area (Å²) >= 11 is 1.38. The molecule has 2 unspecified atom stereocenters. The minimum Gasteiger partial charge on any atom is -0.364 e. The smallest absolute Gasteiger partial charge is 0.265 e. The lowest BCUT2D eigenvalue weighted by molar-refractivity contribution is -0.117. The van der Waals surface area contributed by atoms with Crippen LogP contribution in [0.3, 0.4) is 0 Å². The number of thiazole rings is 1. The lowest BCUT2D eigenvalue weighted by Crippen LogP contribution is -2.39. The standard InChI is InChI=1S/C17H21N5O2S/c18-16(24)13-6-10(7-19-13)14-8-25-17(21-14)22-15(23)5-9-3-11-1-2-12(4-9)20-11/h6-9,11-12,19-20H,1-5H2,(H2,18,24)(H,21,22,23). The van der Waals surface area contributed by atoms with Crippen molar-refractivity contribution < 1.29 is 9.59 Å². The lowest BCUT2D eigenvalue weighted by atomic mass is 9.89. The zero-order valence-corrected chi connectivity index (χ0v) is 14.6. The van der Waals surface area contributed by atoms with E-state index in [0.717, 1.165) is 18.4 Å². The number of aromatic nitrogens is 2. The van der Waals surface area contributed by atoms with Gasteiger partial charge in [0, 0.05) is 35.6 Å². The average Bonchev–Trinajstić information content (AvgIpc) is 3.27. The minimum absolute atomic E-state index is 0.0269. The van der Waals surface area contributed by atoms with Crippen LogP contribution in [-0.2, 0) is 4.79 Å². The van der Waals surface area contributed by atoms with Gasteiger partial charge in [0.2, 0.25) is 5.91 Å². The molecule has 0 aromatic carbocycles. The number of nitrogens with zero attached hydrogens (tertiary/aromatic N) is 1. The van der Waals surface area contributed by atoms with Crippen LogP contribution in [0.25, 0.3) is 11.3 Å². The molecule has 2 bridgehead atoms. The van der Waals surface area contributed by atoms with Gasteiger partial charge in [-0.3, -0.25) is 9.59 Å². The third-order valence-corrected chi connectivity index (χ3v) is 5.80. The number of hydrogen-bond donors (Lipinski definition) is 4. The van der Waals surface area contributed by atoms with Crippen LogP contribution in [-0.4, -0.2) is 33.9 Å². The molecule has 2 aromatic heterocycles. The summed E-state index contributed by atoms with van der Waals surface area (Å²) in [4.78, 5) is 30.7. The van der Waals surface area contributed by atoms with Crippen LogP contribution in [0.2, 0.25) is 0 Å². The van der Waals surface area contributed by atoms with Gasteiger partial charge in [0.1, 0.15) is 5.69 Å². The van der Waals surface area contributed by atoms with Gasteiger partial charge in [-0.25, -0.2) is 4.98 Å². The number of nitrogens with two attached hydrogens (primary N) is 1. The maximum atomic E-state index is 12.3. The molecule has 2 atom stereocenters. The topological polar surface area (TPSA) is 113 Å². The van der Waals surface area contributed by atoms with E-state index in [0.29, 0.717) is 40.9 Å². The van der Waals surface area contributed by atoms with E-state index in [1.807, 2.05) is 5.38 Å². The summed E-state index contributed by atoms with van der Waals surface area (Å²) in [5, 5.41) is 8.94. The van der Waals surface area contributed by atoms with Gasteiger partial charge in [-0.2, -0.15) is 0 Å². The Kier molecular flexibility index (Phi) is 4.30. The van der Waals surface area contributed by atoms with Crippen LogP contribution >= 0.6 is 11.3 Å². The predicted molar refractivity (Wildman–Crippen MR) is 96.3 cm³/mol. The van der Waals surface area contributed by atoms with Crippen LogP contribution < -0.4 is 16.4 Å². The second-order valence-corrected chi connectivity index (χ2v) is 7.79. The fourth-order valence-electron chi connectivity index (χ4n) is 3.92. The van der Waals surface area contributed by atoms with Crippen LogP contribution in [0.4, 0.5) is 5.13 Å². The Balaban J connectivity index is 1.35. The monoisotopic (exact) mass is 359 g/mol. The summed E-state index contributed by atoms with van der Waals surface area (Å²) in [6.45, 7) is 0. The zero-order valence-electron chi connectivity index (χ0n) is 13.7. The molecule has 132 valence electrons.